The predicted molar refractivity (Wildman–Crippen MR) is 86.6 cm³/mol. The van der Waals surface area contributed by atoms with E-state index in [1.807, 2.05) is 37.3 Å². The first kappa shape index (κ1) is 15.5. The normalized spacial score (nSPS) is 10.2. The quantitative estimate of drug-likeness (QED) is 0.837. The van der Waals surface area contributed by atoms with Gasteiger partial charge in [0.25, 0.3) is 0 Å². The van der Waals surface area contributed by atoms with Crippen molar-refractivity contribution < 1.29 is 9.53 Å². The zero-order valence-electron chi connectivity index (χ0n) is 12.0. The molecule has 5 heteroatoms. The molecule has 1 aromatic carbocycles. The van der Waals surface area contributed by atoms with Gasteiger partial charge in [0, 0.05) is 6.42 Å². The number of benzene rings is 1. The van der Waals surface area contributed by atoms with Crippen LogP contribution in [0.2, 0.25) is 0 Å². The fourth-order valence-electron chi connectivity index (χ4n) is 1.90. The maximum atomic E-state index is 11.9. The molecule has 2 rings (SSSR count). The molecule has 0 atom stereocenters. The van der Waals surface area contributed by atoms with E-state index in [0.717, 1.165) is 27.2 Å². The first-order valence-electron chi connectivity index (χ1n) is 6.63. The van der Waals surface area contributed by atoms with Crippen molar-refractivity contribution in [2.75, 3.05) is 12.4 Å². The zero-order chi connectivity index (χ0) is 15.2. The number of nitrogens with zero attached hydrogens (tertiary/aromatic N) is 1. The highest BCUT2D eigenvalue weighted by Crippen LogP contribution is 2.17. The molecule has 0 saturated carbocycles. The fraction of sp³-hybridized carbons (Fsp3) is 0.250. The molecule has 1 aromatic heterocycles. The predicted octanol–water partition coefficient (Wildman–Crippen LogP) is 3.73. The minimum Gasteiger partial charge on any atom is -0.497 e. The van der Waals surface area contributed by atoms with Gasteiger partial charge in [-0.2, -0.15) is 0 Å². The van der Waals surface area contributed by atoms with E-state index in [9.17, 15) is 4.79 Å². The number of hydrogen-bond donors (Lipinski definition) is 1. The number of carbonyl (C=O) groups is 1. The molecule has 0 aliphatic rings. The third-order valence-corrected chi connectivity index (χ3v) is 3.93. The van der Waals surface area contributed by atoms with E-state index in [1.165, 1.54) is 0 Å². The summed E-state index contributed by atoms with van der Waals surface area (Å²) in [6, 6.07) is 9.63. The van der Waals surface area contributed by atoms with Crippen LogP contribution in [-0.2, 0) is 11.2 Å². The summed E-state index contributed by atoms with van der Waals surface area (Å²) < 4.78 is 5.90. The van der Waals surface area contributed by atoms with E-state index in [4.69, 9.17) is 4.74 Å². The number of aromatic nitrogens is 1. The molecule has 0 aliphatic carbocycles. The average Bonchev–Trinajstić information content (AvgIpc) is 2.49. The molecule has 1 amide bonds. The van der Waals surface area contributed by atoms with Gasteiger partial charge in [-0.15, -0.1) is 0 Å². The van der Waals surface area contributed by atoms with Crippen molar-refractivity contribution in [1.82, 2.24) is 4.98 Å². The van der Waals surface area contributed by atoms with Crippen molar-refractivity contribution in [3.05, 3.63) is 52.3 Å². The van der Waals surface area contributed by atoms with Crippen molar-refractivity contribution in [3.63, 3.8) is 0 Å². The lowest BCUT2D eigenvalue weighted by Gasteiger charge is -2.07. The Morgan fingerprint density at radius 3 is 2.67 bits per heavy atom. The lowest BCUT2D eigenvalue weighted by molar-refractivity contribution is -0.116. The van der Waals surface area contributed by atoms with Crippen molar-refractivity contribution in [2.45, 2.75) is 19.8 Å². The molecule has 4 nitrogen and oxygen atoms in total. The maximum absolute atomic E-state index is 11.9. The summed E-state index contributed by atoms with van der Waals surface area (Å²) in [6.07, 6.45) is 2.77. The zero-order valence-corrected chi connectivity index (χ0v) is 13.6. The van der Waals surface area contributed by atoms with Crippen molar-refractivity contribution in [1.29, 1.82) is 0 Å². The standard InChI is InChI=1S/C16H17BrN2O2/c1-11-9-13(10-18-16(11)17)19-15(20)8-5-12-3-6-14(21-2)7-4-12/h3-4,6-7,9-10H,5,8H2,1-2H3,(H,19,20). The second-order valence-corrected chi connectivity index (χ2v) is 5.48. The minimum atomic E-state index is -0.0191. The van der Waals surface area contributed by atoms with Crippen molar-refractivity contribution >= 4 is 27.5 Å². The Morgan fingerprint density at radius 2 is 2.05 bits per heavy atom. The van der Waals surface area contributed by atoms with Crippen LogP contribution >= 0.6 is 15.9 Å². The van der Waals surface area contributed by atoms with Crippen LogP contribution in [0.1, 0.15) is 17.5 Å². The number of anilines is 1. The number of amides is 1. The van der Waals surface area contributed by atoms with Gasteiger partial charge in [0.2, 0.25) is 5.91 Å². The second-order valence-electron chi connectivity index (χ2n) is 4.73. The van der Waals surface area contributed by atoms with Gasteiger partial charge in [0.05, 0.1) is 19.0 Å². The number of hydrogen-bond acceptors (Lipinski definition) is 3. The highest BCUT2D eigenvalue weighted by atomic mass is 79.9. The smallest absolute Gasteiger partial charge is 0.224 e. The maximum Gasteiger partial charge on any atom is 0.224 e. The molecular weight excluding hydrogens is 332 g/mol. The molecular formula is C16H17BrN2O2. The van der Waals surface area contributed by atoms with Crippen LogP contribution in [0.25, 0.3) is 0 Å². The molecule has 0 radical (unpaired) electrons. The third kappa shape index (κ3) is 4.56. The molecule has 0 unspecified atom stereocenters. The van der Waals surface area contributed by atoms with Crippen LogP contribution < -0.4 is 10.1 Å². The summed E-state index contributed by atoms with van der Waals surface area (Å²) in [6.45, 7) is 1.93. The number of carbonyl (C=O) groups excluding carboxylic acids is 1. The van der Waals surface area contributed by atoms with Crippen LogP contribution in [0.5, 0.6) is 5.75 Å². The van der Waals surface area contributed by atoms with Gasteiger partial charge in [0.1, 0.15) is 10.4 Å². The summed E-state index contributed by atoms with van der Waals surface area (Å²) in [7, 11) is 1.64. The molecule has 21 heavy (non-hydrogen) atoms. The summed E-state index contributed by atoms with van der Waals surface area (Å²) in [5, 5.41) is 2.86. The molecule has 0 fully saturated rings. The third-order valence-electron chi connectivity index (χ3n) is 3.10. The van der Waals surface area contributed by atoms with Crippen LogP contribution in [0.3, 0.4) is 0 Å². The van der Waals surface area contributed by atoms with E-state index >= 15 is 0 Å². The fourth-order valence-corrected chi connectivity index (χ4v) is 2.12. The number of pyridine rings is 1. The summed E-state index contributed by atoms with van der Waals surface area (Å²) in [4.78, 5) is 16.1. The van der Waals surface area contributed by atoms with Crippen molar-refractivity contribution in [2.24, 2.45) is 0 Å². The Hall–Kier alpha value is -1.88. The van der Waals surface area contributed by atoms with Gasteiger partial charge < -0.3 is 10.1 Å². The average molecular weight is 349 g/mol. The summed E-state index contributed by atoms with van der Waals surface area (Å²) in [5.74, 6) is 0.800. The van der Waals surface area contributed by atoms with Gasteiger partial charge in [-0.1, -0.05) is 12.1 Å². The first-order valence-corrected chi connectivity index (χ1v) is 7.42. The van der Waals surface area contributed by atoms with E-state index in [0.29, 0.717) is 12.8 Å². The molecule has 0 bridgehead atoms. The van der Waals surface area contributed by atoms with Crippen LogP contribution in [-0.4, -0.2) is 18.0 Å². The Labute approximate surface area is 132 Å². The highest BCUT2D eigenvalue weighted by Gasteiger charge is 2.05. The Morgan fingerprint density at radius 1 is 1.33 bits per heavy atom. The number of rotatable bonds is 5. The molecule has 0 spiro atoms. The topological polar surface area (TPSA) is 51.2 Å². The van der Waals surface area contributed by atoms with Crippen molar-refractivity contribution in [3.8, 4) is 5.75 Å². The monoisotopic (exact) mass is 348 g/mol. The Balaban J connectivity index is 1.87. The van der Waals surface area contributed by atoms with Gasteiger partial charge in [-0.3, -0.25) is 4.79 Å². The van der Waals surface area contributed by atoms with Crippen LogP contribution in [0.15, 0.2) is 41.1 Å². The molecule has 2 aromatic rings. The number of ether oxygens (including phenoxy) is 1. The van der Waals surface area contributed by atoms with Gasteiger partial charge in [0.15, 0.2) is 0 Å². The van der Waals surface area contributed by atoms with Gasteiger partial charge in [-0.05, 0) is 58.6 Å². The molecule has 0 aliphatic heterocycles. The molecule has 1 heterocycles. The Bertz CT molecular complexity index is 627. The first-order chi connectivity index (χ1) is 10.1. The van der Waals surface area contributed by atoms with Crippen LogP contribution in [0, 0.1) is 6.92 Å². The van der Waals surface area contributed by atoms with E-state index in [1.54, 1.807) is 13.3 Å². The number of methoxy groups -OCH3 is 1. The molecule has 1 N–H and O–H groups in total. The highest BCUT2D eigenvalue weighted by molar-refractivity contribution is 9.10. The number of aryl methyl sites for hydroxylation is 2. The number of nitrogens with one attached hydrogen (secondary N) is 1. The summed E-state index contributed by atoms with van der Waals surface area (Å²) >= 11 is 3.33. The second kappa shape index (κ2) is 7.22. The lowest BCUT2D eigenvalue weighted by atomic mass is 10.1. The molecule has 0 saturated heterocycles. The SMILES string of the molecule is COc1ccc(CCC(=O)Nc2cnc(Br)c(C)c2)cc1. The number of halogens is 1. The van der Waals surface area contributed by atoms with Gasteiger partial charge in [-0.25, -0.2) is 4.98 Å². The lowest BCUT2D eigenvalue weighted by Crippen LogP contribution is -2.12. The molecule has 110 valence electrons. The van der Waals surface area contributed by atoms with Gasteiger partial charge >= 0.3 is 0 Å². The Kier molecular flexibility index (Phi) is 5.33. The minimum absolute atomic E-state index is 0.0191. The van der Waals surface area contributed by atoms with E-state index < -0.39 is 0 Å². The summed E-state index contributed by atoms with van der Waals surface area (Å²) in [5.41, 5.74) is 2.81. The largest absolute Gasteiger partial charge is 0.497 e. The van der Waals surface area contributed by atoms with E-state index in [-0.39, 0.29) is 5.91 Å². The van der Waals surface area contributed by atoms with Crippen LogP contribution in [0.4, 0.5) is 5.69 Å². The van der Waals surface area contributed by atoms with E-state index in [2.05, 4.69) is 26.2 Å².